The predicted molar refractivity (Wildman–Crippen MR) is 106 cm³/mol. The summed E-state index contributed by atoms with van der Waals surface area (Å²) < 4.78 is 1.68. The first kappa shape index (κ1) is 17.1. The fourth-order valence-corrected chi connectivity index (χ4v) is 4.00. The van der Waals surface area contributed by atoms with Gasteiger partial charge in [0.15, 0.2) is 0 Å². The minimum absolute atomic E-state index is 0.0403. The second-order valence-corrected chi connectivity index (χ2v) is 7.66. The maximum Gasteiger partial charge on any atom is 0.272 e. The van der Waals surface area contributed by atoms with Gasteiger partial charge in [0.25, 0.3) is 5.91 Å². The molecule has 1 aliphatic rings. The largest absolute Gasteiger partial charge is 0.368 e. The predicted octanol–water partition coefficient (Wildman–Crippen LogP) is 3.76. The van der Waals surface area contributed by atoms with E-state index in [2.05, 4.69) is 10.00 Å². The van der Waals surface area contributed by atoms with E-state index in [1.54, 1.807) is 16.0 Å². The molecule has 7 heteroatoms. The molecular weight excluding hydrogens is 368 g/mol. The van der Waals surface area contributed by atoms with Crippen LogP contribution >= 0.6 is 22.9 Å². The molecule has 1 aliphatic heterocycles. The van der Waals surface area contributed by atoms with Crippen LogP contribution in [0.25, 0.3) is 10.6 Å². The average molecular weight is 387 g/mol. The number of nitrogens with zero attached hydrogens (tertiary/aromatic N) is 4. The van der Waals surface area contributed by atoms with E-state index in [0.717, 1.165) is 34.4 Å². The summed E-state index contributed by atoms with van der Waals surface area (Å²) in [5.74, 6) is 0.0403. The van der Waals surface area contributed by atoms with E-state index in [1.165, 1.54) is 0 Å². The van der Waals surface area contributed by atoms with Gasteiger partial charge in [-0.1, -0.05) is 17.7 Å². The second kappa shape index (κ2) is 7.13. The van der Waals surface area contributed by atoms with Crippen LogP contribution in [0.4, 0.5) is 5.69 Å². The van der Waals surface area contributed by atoms with Gasteiger partial charge in [0.05, 0.1) is 4.88 Å². The van der Waals surface area contributed by atoms with Gasteiger partial charge in [0.2, 0.25) is 0 Å². The number of benzene rings is 1. The van der Waals surface area contributed by atoms with E-state index in [1.807, 2.05) is 59.8 Å². The number of aromatic nitrogens is 2. The van der Waals surface area contributed by atoms with Crippen LogP contribution in [0.5, 0.6) is 0 Å². The minimum atomic E-state index is 0.0403. The summed E-state index contributed by atoms with van der Waals surface area (Å²) in [5, 5.41) is 7.25. The normalized spacial score (nSPS) is 14.7. The Labute approximate surface area is 161 Å². The Bertz CT molecular complexity index is 896. The van der Waals surface area contributed by atoms with Gasteiger partial charge < -0.3 is 9.80 Å². The first-order chi connectivity index (χ1) is 12.6. The van der Waals surface area contributed by atoms with Gasteiger partial charge in [0, 0.05) is 43.9 Å². The summed E-state index contributed by atoms with van der Waals surface area (Å²) in [6, 6.07) is 13.7. The molecule has 2 aromatic heterocycles. The van der Waals surface area contributed by atoms with Crippen LogP contribution in [-0.2, 0) is 7.05 Å². The molecule has 0 aliphatic carbocycles. The van der Waals surface area contributed by atoms with Crippen molar-refractivity contribution in [3.63, 3.8) is 0 Å². The van der Waals surface area contributed by atoms with E-state index in [-0.39, 0.29) is 5.91 Å². The van der Waals surface area contributed by atoms with Gasteiger partial charge in [-0.2, -0.15) is 5.10 Å². The summed E-state index contributed by atoms with van der Waals surface area (Å²) in [7, 11) is 1.83. The van der Waals surface area contributed by atoms with Crippen molar-refractivity contribution in [1.29, 1.82) is 0 Å². The number of hydrogen-bond donors (Lipinski definition) is 0. The van der Waals surface area contributed by atoms with Crippen molar-refractivity contribution in [3.8, 4) is 10.6 Å². The van der Waals surface area contributed by atoms with Crippen molar-refractivity contribution in [2.45, 2.75) is 0 Å². The molecular formula is C19H19ClN4OS. The lowest BCUT2D eigenvalue weighted by molar-refractivity contribution is 0.0735. The van der Waals surface area contributed by atoms with Crippen LogP contribution in [0.1, 0.15) is 10.5 Å². The molecule has 0 bridgehead atoms. The summed E-state index contributed by atoms with van der Waals surface area (Å²) in [6.07, 6.45) is 0. The van der Waals surface area contributed by atoms with E-state index in [4.69, 9.17) is 11.6 Å². The van der Waals surface area contributed by atoms with E-state index in [9.17, 15) is 4.79 Å². The number of aryl methyl sites for hydroxylation is 1. The maximum atomic E-state index is 12.9. The lowest BCUT2D eigenvalue weighted by Crippen LogP contribution is -2.49. The third-order valence-electron chi connectivity index (χ3n) is 4.63. The van der Waals surface area contributed by atoms with Crippen LogP contribution in [0.3, 0.4) is 0 Å². The molecule has 1 saturated heterocycles. The lowest BCUT2D eigenvalue weighted by atomic mass is 10.2. The smallest absolute Gasteiger partial charge is 0.272 e. The van der Waals surface area contributed by atoms with Gasteiger partial charge in [-0.25, -0.2) is 0 Å². The highest BCUT2D eigenvalue weighted by molar-refractivity contribution is 7.13. The van der Waals surface area contributed by atoms with Crippen molar-refractivity contribution in [3.05, 3.63) is 58.6 Å². The van der Waals surface area contributed by atoms with Gasteiger partial charge in [-0.15, -0.1) is 11.3 Å². The third kappa shape index (κ3) is 3.34. The fourth-order valence-electron chi connectivity index (χ4n) is 3.19. The molecule has 1 aromatic carbocycles. The Balaban J connectivity index is 1.44. The molecule has 26 heavy (non-hydrogen) atoms. The van der Waals surface area contributed by atoms with Crippen molar-refractivity contribution < 1.29 is 4.79 Å². The lowest BCUT2D eigenvalue weighted by Gasteiger charge is -2.36. The Morgan fingerprint density at radius 1 is 1.12 bits per heavy atom. The van der Waals surface area contributed by atoms with Crippen molar-refractivity contribution in [2.75, 3.05) is 31.1 Å². The summed E-state index contributed by atoms with van der Waals surface area (Å²) in [6.45, 7) is 3.01. The average Bonchev–Trinajstić information content (AvgIpc) is 3.31. The summed E-state index contributed by atoms with van der Waals surface area (Å²) in [4.78, 5) is 18.2. The highest BCUT2D eigenvalue weighted by Crippen LogP contribution is 2.25. The molecule has 3 aromatic rings. The number of halogens is 1. The first-order valence-corrected chi connectivity index (χ1v) is 9.75. The topological polar surface area (TPSA) is 41.4 Å². The Morgan fingerprint density at radius 2 is 1.85 bits per heavy atom. The Kier molecular flexibility index (Phi) is 4.70. The van der Waals surface area contributed by atoms with Crippen molar-refractivity contribution >= 4 is 34.5 Å². The molecule has 134 valence electrons. The molecule has 0 N–H and O–H groups in total. The van der Waals surface area contributed by atoms with Crippen LogP contribution in [-0.4, -0.2) is 46.8 Å². The molecule has 5 nitrogen and oxygen atoms in total. The highest BCUT2D eigenvalue weighted by atomic mass is 35.5. The van der Waals surface area contributed by atoms with Crippen molar-refractivity contribution in [1.82, 2.24) is 14.7 Å². The standard InChI is InChI=1S/C19H19ClN4OS/c1-22-17(13-16(21-22)18-3-2-12-26-18)19(25)24-10-8-23(9-11-24)15-6-4-14(20)5-7-15/h2-7,12-13H,8-11H2,1H3. The number of carbonyl (C=O) groups excluding carboxylic acids is 1. The van der Waals surface area contributed by atoms with E-state index >= 15 is 0 Å². The molecule has 1 fully saturated rings. The number of hydrogen-bond acceptors (Lipinski definition) is 4. The van der Waals surface area contributed by atoms with Crippen LogP contribution in [0.15, 0.2) is 47.8 Å². The molecule has 0 radical (unpaired) electrons. The first-order valence-electron chi connectivity index (χ1n) is 8.49. The number of rotatable bonds is 3. The second-order valence-electron chi connectivity index (χ2n) is 6.27. The number of carbonyl (C=O) groups is 1. The van der Waals surface area contributed by atoms with Crippen LogP contribution in [0, 0.1) is 0 Å². The molecule has 3 heterocycles. The molecule has 4 rings (SSSR count). The molecule has 0 atom stereocenters. The summed E-state index contributed by atoms with van der Waals surface area (Å²) in [5.41, 5.74) is 2.63. The zero-order valence-electron chi connectivity index (χ0n) is 14.4. The zero-order chi connectivity index (χ0) is 18.1. The Morgan fingerprint density at radius 3 is 2.50 bits per heavy atom. The minimum Gasteiger partial charge on any atom is -0.368 e. The molecule has 0 unspecified atom stereocenters. The van der Waals surface area contributed by atoms with Gasteiger partial charge in [-0.05, 0) is 41.8 Å². The SMILES string of the molecule is Cn1nc(-c2cccs2)cc1C(=O)N1CCN(c2ccc(Cl)cc2)CC1. The van der Waals surface area contributed by atoms with Crippen molar-refractivity contribution in [2.24, 2.45) is 7.05 Å². The van der Waals surface area contributed by atoms with Gasteiger partial charge in [-0.3, -0.25) is 9.48 Å². The molecule has 0 saturated carbocycles. The quantitative estimate of drug-likeness (QED) is 0.688. The highest BCUT2D eigenvalue weighted by Gasteiger charge is 2.25. The Hall–Kier alpha value is -2.31. The molecule has 0 spiro atoms. The van der Waals surface area contributed by atoms with Crippen LogP contribution in [0.2, 0.25) is 5.02 Å². The van der Waals surface area contributed by atoms with Gasteiger partial charge in [0.1, 0.15) is 11.4 Å². The number of thiophene rings is 1. The number of anilines is 1. The summed E-state index contributed by atoms with van der Waals surface area (Å²) >= 11 is 7.59. The van der Waals surface area contributed by atoms with Crippen LogP contribution < -0.4 is 4.90 Å². The fraction of sp³-hybridized carbons (Fsp3) is 0.263. The van der Waals surface area contributed by atoms with Gasteiger partial charge >= 0.3 is 0 Å². The monoisotopic (exact) mass is 386 g/mol. The zero-order valence-corrected chi connectivity index (χ0v) is 16.0. The maximum absolute atomic E-state index is 12.9. The van der Waals surface area contributed by atoms with E-state index in [0.29, 0.717) is 18.8 Å². The number of piperazine rings is 1. The third-order valence-corrected chi connectivity index (χ3v) is 5.78. The number of amides is 1. The van der Waals surface area contributed by atoms with E-state index < -0.39 is 0 Å². The molecule has 1 amide bonds.